The third-order valence-corrected chi connectivity index (χ3v) is 7.44. The number of nitrogens with one attached hydrogen (secondary N) is 2. The maximum atomic E-state index is 12.7. The monoisotopic (exact) mass is 531 g/mol. The molecule has 202 valence electrons. The first-order valence-corrected chi connectivity index (χ1v) is 13.8. The van der Waals surface area contributed by atoms with E-state index in [1.807, 2.05) is 59.3 Å². The Hall–Kier alpha value is -4.56. The van der Waals surface area contributed by atoms with Crippen molar-refractivity contribution in [2.45, 2.75) is 38.4 Å². The summed E-state index contributed by atoms with van der Waals surface area (Å²) >= 11 is 0. The SMILES string of the molecule is O=C(Cc1cn(-c2ccc(NC3CCN(Cc4ccccc4)CC3)nn2)c2ccccc12)NCc1cccnc1. The van der Waals surface area contributed by atoms with Gasteiger partial charge in [0.2, 0.25) is 5.91 Å². The summed E-state index contributed by atoms with van der Waals surface area (Å²) in [4.78, 5) is 19.4. The standard InChI is InChI=1S/C32H33N7O/c40-32(34-21-25-9-6-16-33-20-25)19-26-23-39(29-11-5-4-10-28(26)29)31-13-12-30(36-37-31)35-27-14-17-38(18-15-27)22-24-7-2-1-3-8-24/h1-13,16,20,23,27H,14-15,17-19,21-22H2,(H,34,40)(H,35,36). The maximum absolute atomic E-state index is 12.7. The number of carbonyl (C=O) groups excluding carboxylic acids is 1. The van der Waals surface area contributed by atoms with Gasteiger partial charge in [0.05, 0.1) is 11.9 Å². The second-order valence-corrected chi connectivity index (χ2v) is 10.3. The molecule has 1 aliphatic rings. The smallest absolute Gasteiger partial charge is 0.224 e. The lowest BCUT2D eigenvalue weighted by molar-refractivity contribution is -0.120. The van der Waals surface area contributed by atoms with Crippen LogP contribution in [0, 0.1) is 0 Å². The van der Waals surface area contributed by atoms with Crippen molar-refractivity contribution in [3.63, 3.8) is 0 Å². The number of anilines is 1. The first-order chi connectivity index (χ1) is 19.7. The van der Waals surface area contributed by atoms with E-state index in [4.69, 9.17) is 0 Å². The lowest BCUT2D eigenvalue weighted by Crippen LogP contribution is -2.38. The average molecular weight is 532 g/mol. The Morgan fingerprint density at radius 3 is 2.45 bits per heavy atom. The second kappa shape index (κ2) is 12.1. The fourth-order valence-corrected chi connectivity index (χ4v) is 5.34. The zero-order chi connectivity index (χ0) is 27.1. The Bertz CT molecular complexity index is 1540. The van der Waals surface area contributed by atoms with Crippen LogP contribution in [-0.4, -0.2) is 49.7 Å². The van der Waals surface area contributed by atoms with E-state index in [2.05, 4.69) is 61.0 Å². The molecule has 1 amide bonds. The van der Waals surface area contributed by atoms with Crippen LogP contribution in [0.1, 0.15) is 29.5 Å². The van der Waals surface area contributed by atoms with Crippen molar-refractivity contribution in [1.82, 2.24) is 30.0 Å². The molecule has 8 heteroatoms. The van der Waals surface area contributed by atoms with Crippen molar-refractivity contribution in [1.29, 1.82) is 0 Å². The number of rotatable bonds is 9. The highest BCUT2D eigenvalue weighted by atomic mass is 16.1. The Kier molecular flexibility index (Phi) is 7.77. The van der Waals surface area contributed by atoms with Crippen LogP contribution in [0.15, 0.2) is 97.5 Å². The summed E-state index contributed by atoms with van der Waals surface area (Å²) in [6.45, 7) is 3.58. The van der Waals surface area contributed by atoms with Crippen LogP contribution in [-0.2, 0) is 24.3 Å². The normalized spacial score (nSPS) is 14.3. The number of aromatic nitrogens is 4. The summed E-state index contributed by atoms with van der Waals surface area (Å²) in [5, 5.41) is 16.6. The molecule has 40 heavy (non-hydrogen) atoms. The van der Waals surface area contributed by atoms with Gasteiger partial charge in [-0.3, -0.25) is 19.2 Å². The summed E-state index contributed by atoms with van der Waals surface area (Å²) in [6, 6.07) is 26.9. The Morgan fingerprint density at radius 1 is 0.875 bits per heavy atom. The highest BCUT2D eigenvalue weighted by Gasteiger charge is 2.20. The lowest BCUT2D eigenvalue weighted by atomic mass is 10.0. The largest absolute Gasteiger partial charge is 0.366 e. The number of pyridine rings is 1. The molecule has 0 aliphatic carbocycles. The van der Waals surface area contributed by atoms with E-state index in [1.54, 1.807) is 12.4 Å². The summed E-state index contributed by atoms with van der Waals surface area (Å²) in [5.41, 5.74) is 4.28. The van der Waals surface area contributed by atoms with Gasteiger partial charge in [-0.2, -0.15) is 0 Å². The molecule has 5 aromatic rings. The van der Waals surface area contributed by atoms with Crippen LogP contribution in [0.2, 0.25) is 0 Å². The van der Waals surface area contributed by atoms with E-state index in [0.717, 1.165) is 66.1 Å². The minimum atomic E-state index is -0.0350. The van der Waals surface area contributed by atoms with Crippen LogP contribution < -0.4 is 10.6 Å². The number of nitrogens with zero attached hydrogens (tertiary/aromatic N) is 5. The van der Waals surface area contributed by atoms with Crippen molar-refractivity contribution in [3.05, 3.63) is 114 Å². The van der Waals surface area contributed by atoms with E-state index >= 15 is 0 Å². The van der Waals surface area contributed by atoms with E-state index in [-0.39, 0.29) is 12.3 Å². The minimum Gasteiger partial charge on any atom is -0.366 e. The predicted octanol–water partition coefficient (Wildman–Crippen LogP) is 4.75. The van der Waals surface area contributed by atoms with Gasteiger partial charge in [0.25, 0.3) is 0 Å². The Labute approximate surface area is 234 Å². The summed E-state index contributed by atoms with van der Waals surface area (Å²) in [5.74, 6) is 1.48. The van der Waals surface area contributed by atoms with Crippen molar-refractivity contribution in [2.24, 2.45) is 0 Å². The second-order valence-electron chi connectivity index (χ2n) is 10.3. The summed E-state index contributed by atoms with van der Waals surface area (Å²) in [6.07, 6.45) is 7.91. The molecular formula is C32H33N7O. The molecule has 1 saturated heterocycles. The lowest BCUT2D eigenvalue weighted by Gasteiger charge is -2.32. The fourth-order valence-electron chi connectivity index (χ4n) is 5.34. The van der Waals surface area contributed by atoms with Crippen molar-refractivity contribution in [3.8, 4) is 5.82 Å². The van der Waals surface area contributed by atoms with Crippen LogP contribution in [0.3, 0.4) is 0 Å². The van der Waals surface area contributed by atoms with E-state index in [0.29, 0.717) is 12.6 Å². The van der Waals surface area contributed by atoms with Crippen LogP contribution in [0.4, 0.5) is 5.82 Å². The topological polar surface area (TPSA) is 88.0 Å². The van der Waals surface area contributed by atoms with Gasteiger partial charge in [0.1, 0.15) is 5.82 Å². The number of hydrogen-bond acceptors (Lipinski definition) is 6. The number of para-hydroxylation sites is 1. The molecule has 0 bridgehead atoms. The van der Waals surface area contributed by atoms with Crippen LogP contribution in [0.5, 0.6) is 0 Å². The third kappa shape index (κ3) is 6.18. The number of benzene rings is 2. The molecule has 3 aromatic heterocycles. The molecule has 0 spiro atoms. The fraction of sp³-hybridized carbons (Fsp3) is 0.250. The number of likely N-dealkylation sites (tertiary alicyclic amines) is 1. The van der Waals surface area contributed by atoms with Crippen LogP contribution >= 0.6 is 0 Å². The molecule has 4 heterocycles. The zero-order valence-electron chi connectivity index (χ0n) is 22.4. The van der Waals surface area contributed by atoms with E-state index in [1.165, 1.54) is 5.56 Å². The Morgan fingerprint density at radius 2 is 1.68 bits per heavy atom. The van der Waals surface area contributed by atoms with Gasteiger partial charge in [-0.05, 0) is 53.8 Å². The van der Waals surface area contributed by atoms with Crippen molar-refractivity contribution in [2.75, 3.05) is 18.4 Å². The van der Waals surface area contributed by atoms with Crippen molar-refractivity contribution < 1.29 is 4.79 Å². The molecular weight excluding hydrogens is 498 g/mol. The van der Waals surface area contributed by atoms with Gasteiger partial charge < -0.3 is 10.6 Å². The van der Waals surface area contributed by atoms with Gasteiger partial charge in [0, 0.05) is 56.2 Å². The van der Waals surface area contributed by atoms with E-state index < -0.39 is 0 Å². The minimum absolute atomic E-state index is 0.0350. The summed E-state index contributed by atoms with van der Waals surface area (Å²) in [7, 11) is 0. The van der Waals surface area contributed by atoms with Gasteiger partial charge in [-0.15, -0.1) is 10.2 Å². The van der Waals surface area contributed by atoms with Gasteiger partial charge in [-0.25, -0.2) is 0 Å². The molecule has 0 saturated carbocycles. The first kappa shape index (κ1) is 25.7. The highest BCUT2D eigenvalue weighted by Crippen LogP contribution is 2.25. The number of amides is 1. The average Bonchev–Trinajstić information content (AvgIpc) is 3.37. The predicted molar refractivity (Wildman–Crippen MR) is 157 cm³/mol. The summed E-state index contributed by atoms with van der Waals surface area (Å²) < 4.78 is 2.01. The third-order valence-electron chi connectivity index (χ3n) is 7.44. The molecule has 0 unspecified atom stereocenters. The number of carbonyl (C=O) groups is 1. The van der Waals surface area contributed by atoms with E-state index in [9.17, 15) is 4.79 Å². The molecule has 0 radical (unpaired) electrons. The quantitative estimate of drug-likeness (QED) is 0.285. The first-order valence-electron chi connectivity index (χ1n) is 13.8. The zero-order valence-corrected chi connectivity index (χ0v) is 22.4. The number of hydrogen-bond donors (Lipinski definition) is 2. The van der Waals surface area contributed by atoms with Gasteiger partial charge in [-0.1, -0.05) is 54.6 Å². The molecule has 2 N–H and O–H groups in total. The molecule has 2 aromatic carbocycles. The van der Waals surface area contributed by atoms with Gasteiger partial charge in [0.15, 0.2) is 5.82 Å². The molecule has 8 nitrogen and oxygen atoms in total. The molecule has 0 atom stereocenters. The number of piperidine rings is 1. The molecule has 1 fully saturated rings. The maximum Gasteiger partial charge on any atom is 0.224 e. The Balaban J connectivity index is 1.08. The number of fused-ring (bicyclic) bond motifs is 1. The van der Waals surface area contributed by atoms with Crippen molar-refractivity contribution >= 4 is 22.6 Å². The molecule has 6 rings (SSSR count). The van der Waals surface area contributed by atoms with Gasteiger partial charge >= 0.3 is 0 Å². The highest BCUT2D eigenvalue weighted by molar-refractivity contribution is 5.90. The molecule has 1 aliphatic heterocycles. The van der Waals surface area contributed by atoms with Crippen LogP contribution in [0.25, 0.3) is 16.7 Å².